The molecular weight excluding hydrogens is 418 g/mol. The summed E-state index contributed by atoms with van der Waals surface area (Å²) >= 11 is 0. The summed E-state index contributed by atoms with van der Waals surface area (Å²) in [6.07, 6.45) is 4.00. The van der Waals surface area contributed by atoms with E-state index >= 15 is 0 Å². The molecule has 4 aromatic rings. The van der Waals surface area contributed by atoms with E-state index in [1.165, 1.54) is 70.9 Å². The van der Waals surface area contributed by atoms with Gasteiger partial charge in [-0.2, -0.15) is 0 Å². The fourth-order valence-electron chi connectivity index (χ4n) is 5.73. The monoisotopic (exact) mass is 449 g/mol. The van der Waals surface area contributed by atoms with Crippen molar-refractivity contribution in [1.29, 1.82) is 0 Å². The van der Waals surface area contributed by atoms with E-state index in [9.17, 15) is 0 Å². The largest absolute Gasteiger partial charge is 0.497 e. The van der Waals surface area contributed by atoms with Gasteiger partial charge in [0.2, 0.25) is 0 Å². The summed E-state index contributed by atoms with van der Waals surface area (Å²) in [6.45, 7) is 4.17. The van der Waals surface area contributed by atoms with Gasteiger partial charge in [-0.15, -0.1) is 0 Å². The third-order valence-corrected chi connectivity index (χ3v) is 7.46. The van der Waals surface area contributed by atoms with E-state index in [0.717, 1.165) is 24.7 Å². The lowest BCUT2D eigenvalue weighted by molar-refractivity contribution is 0.183. The van der Waals surface area contributed by atoms with Crippen molar-refractivity contribution in [2.45, 2.75) is 25.2 Å². The Hall–Kier alpha value is -3.30. The van der Waals surface area contributed by atoms with Gasteiger partial charge in [-0.25, -0.2) is 0 Å². The Morgan fingerprint density at radius 3 is 2.38 bits per heavy atom. The molecule has 3 heteroatoms. The third kappa shape index (κ3) is 3.84. The summed E-state index contributed by atoms with van der Waals surface area (Å²) in [7, 11) is 1.74. The van der Waals surface area contributed by atoms with E-state index in [1.54, 1.807) is 7.11 Å². The lowest BCUT2D eigenvalue weighted by Crippen LogP contribution is -2.33. The molecule has 2 aliphatic rings. The maximum absolute atomic E-state index is 6.11. The zero-order valence-electron chi connectivity index (χ0n) is 19.8. The number of benzene rings is 4. The van der Waals surface area contributed by atoms with Crippen LogP contribution in [0.1, 0.15) is 41.9 Å². The predicted octanol–water partition coefficient (Wildman–Crippen LogP) is 6.87. The minimum Gasteiger partial charge on any atom is -0.497 e. The number of piperidine rings is 1. The molecule has 34 heavy (non-hydrogen) atoms. The van der Waals surface area contributed by atoms with Gasteiger partial charge in [-0.05, 0) is 88.8 Å². The van der Waals surface area contributed by atoms with Crippen LogP contribution in [0.3, 0.4) is 0 Å². The number of methoxy groups -OCH3 is 1. The van der Waals surface area contributed by atoms with Gasteiger partial charge in [0, 0.05) is 12.5 Å². The standard InChI is InChI=1S/C31H31NO2/c1-33-25-14-16-27-28-15-11-22-7-3-4-8-26(22)31(28)30(29(27)21-25)23-9-12-24(13-10-23)34-20-19-32-17-5-2-6-18-32/h3-4,7-16,21,30H,2,5-6,17-20H2,1H3. The molecule has 1 heterocycles. The molecule has 1 atom stereocenters. The van der Waals surface area contributed by atoms with Crippen molar-refractivity contribution in [2.75, 3.05) is 33.4 Å². The Labute approximate surface area is 201 Å². The van der Waals surface area contributed by atoms with Crippen molar-refractivity contribution in [3.63, 3.8) is 0 Å². The number of fused-ring (bicyclic) bond motifs is 5. The molecule has 1 unspecified atom stereocenters. The van der Waals surface area contributed by atoms with Gasteiger partial charge >= 0.3 is 0 Å². The molecule has 1 aliphatic heterocycles. The SMILES string of the molecule is COc1ccc2c(c1)C(c1ccc(OCCN3CCCCC3)cc1)c1c-2ccc2ccccc12. The molecule has 0 N–H and O–H groups in total. The third-order valence-electron chi connectivity index (χ3n) is 7.46. The second-order valence-corrected chi connectivity index (χ2v) is 9.45. The van der Waals surface area contributed by atoms with Gasteiger partial charge < -0.3 is 9.47 Å². The molecule has 0 saturated carbocycles. The summed E-state index contributed by atoms with van der Waals surface area (Å²) in [4.78, 5) is 2.52. The summed E-state index contributed by atoms with van der Waals surface area (Å²) in [5.74, 6) is 2.02. The van der Waals surface area contributed by atoms with E-state index in [2.05, 4.69) is 83.8 Å². The second-order valence-electron chi connectivity index (χ2n) is 9.45. The number of rotatable bonds is 6. The normalized spacial score (nSPS) is 17.4. The van der Waals surface area contributed by atoms with Gasteiger partial charge in [0.05, 0.1) is 7.11 Å². The molecule has 0 aromatic heterocycles. The van der Waals surface area contributed by atoms with E-state index in [1.807, 2.05) is 0 Å². The van der Waals surface area contributed by atoms with Crippen LogP contribution in [0.25, 0.3) is 21.9 Å². The van der Waals surface area contributed by atoms with Gasteiger partial charge in [-0.3, -0.25) is 4.90 Å². The zero-order chi connectivity index (χ0) is 22.9. The van der Waals surface area contributed by atoms with Crippen LogP contribution in [-0.4, -0.2) is 38.3 Å². The van der Waals surface area contributed by atoms with E-state index in [0.29, 0.717) is 0 Å². The van der Waals surface area contributed by atoms with E-state index in [4.69, 9.17) is 9.47 Å². The van der Waals surface area contributed by atoms with E-state index < -0.39 is 0 Å². The topological polar surface area (TPSA) is 21.7 Å². The maximum atomic E-state index is 6.11. The first kappa shape index (κ1) is 21.2. The van der Waals surface area contributed by atoms with E-state index in [-0.39, 0.29) is 5.92 Å². The highest BCUT2D eigenvalue weighted by atomic mass is 16.5. The molecule has 0 bridgehead atoms. The number of hydrogen-bond donors (Lipinski definition) is 0. The molecule has 1 saturated heterocycles. The highest BCUT2D eigenvalue weighted by Gasteiger charge is 2.32. The first-order valence-electron chi connectivity index (χ1n) is 12.5. The molecule has 1 aliphatic carbocycles. The number of ether oxygens (including phenoxy) is 2. The first-order chi connectivity index (χ1) is 16.8. The molecule has 0 radical (unpaired) electrons. The van der Waals surface area contributed by atoms with Crippen molar-refractivity contribution < 1.29 is 9.47 Å². The van der Waals surface area contributed by atoms with Crippen LogP contribution in [0.15, 0.2) is 78.9 Å². The minimum atomic E-state index is 0.175. The Morgan fingerprint density at radius 1 is 0.794 bits per heavy atom. The van der Waals surface area contributed by atoms with Gasteiger partial charge in [-0.1, -0.05) is 61.0 Å². The van der Waals surface area contributed by atoms with Crippen LogP contribution < -0.4 is 9.47 Å². The molecule has 0 amide bonds. The summed E-state index contributed by atoms with van der Waals surface area (Å²) in [5, 5.41) is 2.60. The first-order valence-corrected chi connectivity index (χ1v) is 12.5. The van der Waals surface area contributed by atoms with Crippen molar-refractivity contribution in [3.8, 4) is 22.6 Å². The number of hydrogen-bond acceptors (Lipinski definition) is 3. The Bertz CT molecular complexity index is 1310. The average Bonchev–Trinajstić information content (AvgIpc) is 3.24. The van der Waals surface area contributed by atoms with Gasteiger partial charge in [0.25, 0.3) is 0 Å². The quantitative estimate of drug-likeness (QED) is 0.282. The summed E-state index contributed by atoms with van der Waals surface area (Å²) in [5.41, 5.74) is 6.61. The Morgan fingerprint density at radius 2 is 1.56 bits per heavy atom. The van der Waals surface area contributed by atoms with Crippen LogP contribution in [0.2, 0.25) is 0 Å². The average molecular weight is 450 g/mol. The molecule has 6 rings (SSSR count). The van der Waals surface area contributed by atoms with Crippen molar-refractivity contribution in [1.82, 2.24) is 4.90 Å². The smallest absolute Gasteiger partial charge is 0.119 e. The highest BCUT2D eigenvalue weighted by molar-refractivity contribution is 5.97. The molecule has 0 spiro atoms. The highest BCUT2D eigenvalue weighted by Crippen LogP contribution is 2.51. The van der Waals surface area contributed by atoms with Crippen molar-refractivity contribution in [2.24, 2.45) is 0 Å². The minimum absolute atomic E-state index is 0.175. The van der Waals surface area contributed by atoms with Crippen LogP contribution >= 0.6 is 0 Å². The zero-order valence-corrected chi connectivity index (χ0v) is 19.8. The molecule has 1 fully saturated rings. The molecule has 172 valence electrons. The maximum Gasteiger partial charge on any atom is 0.119 e. The summed E-state index contributed by atoms with van der Waals surface area (Å²) < 4.78 is 11.7. The summed E-state index contributed by atoms with van der Waals surface area (Å²) in [6, 6.07) is 28.5. The Balaban J connectivity index is 1.32. The van der Waals surface area contributed by atoms with Crippen molar-refractivity contribution >= 4 is 10.8 Å². The van der Waals surface area contributed by atoms with Gasteiger partial charge in [0.1, 0.15) is 18.1 Å². The lowest BCUT2D eigenvalue weighted by Gasteiger charge is -2.26. The molecular formula is C31H31NO2. The lowest BCUT2D eigenvalue weighted by atomic mass is 9.86. The number of likely N-dealkylation sites (tertiary alicyclic amines) is 1. The second kappa shape index (κ2) is 9.15. The predicted molar refractivity (Wildman–Crippen MR) is 139 cm³/mol. The Kier molecular flexibility index (Phi) is 5.72. The van der Waals surface area contributed by atoms with Gasteiger partial charge in [0.15, 0.2) is 0 Å². The fourth-order valence-corrected chi connectivity index (χ4v) is 5.73. The molecule has 4 aromatic carbocycles. The number of nitrogens with zero attached hydrogens (tertiary/aromatic N) is 1. The van der Waals surface area contributed by atoms with Crippen LogP contribution in [0, 0.1) is 0 Å². The van der Waals surface area contributed by atoms with Crippen molar-refractivity contribution in [3.05, 3.63) is 95.6 Å². The van der Waals surface area contributed by atoms with Crippen LogP contribution in [-0.2, 0) is 0 Å². The van der Waals surface area contributed by atoms with Crippen LogP contribution in [0.5, 0.6) is 11.5 Å². The van der Waals surface area contributed by atoms with Crippen LogP contribution in [0.4, 0.5) is 0 Å². The molecule has 3 nitrogen and oxygen atoms in total. The fraction of sp³-hybridized carbons (Fsp3) is 0.290.